The lowest BCUT2D eigenvalue weighted by molar-refractivity contribution is 0.369. The molecule has 0 aliphatic carbocycles. The van der Waals surface area contributed by atoms with Gasteiger partial charge in [-0.2, -0.15) is 0 Å². The van der Waals surface area contributed by atoms with Crippen LogP contribution in [0.3, 0.4) is 0 Å². The van der Waals surface area contributed by atoms with Crippen LogP contribution in [0.25, 0.3) is 6.08 Å². The number of benzene rings is 2. The Labute approximate surface area is 157 Å². The molecule has 0 saturated carbocycles. The molecule has 0 radical (unpaired) electrons. The number of allylic oxidation sites excluding steroid dienone is 1. The summed E-state index contributed by atoms with van der Waals surface area (Å²) in [4.78, 5) is 0.295. The number of hydrogen-bond acceptors (Lipinski definition) is 3. The molecule has 0 aliphatic heterocycles. The van der Waals surface area contributed by atoms with Gasteiger partial charge in [0, 0.05) is 12.1 Å². The highest BCUT2D eigenvalue weighted by molar-refractivity contribution is 7.89. The van der Waals surface area contributed by atoms with E-state index in [2.05, 4.69) is 10.8 Å². The van der Waals surface area contributed by atoms with Crippen molar-refractivity contribution in [2.75, 3.05) is 13.7 Å². The van der Waals surface area contributed by atoms with Gasteiger partial charge in [0.1, 0.15) is 5.75 Å². The summed E-state index contributed by atoms with van der Waals surface area (Å²) < 4.78 is 32.9. The summed E-state index contributed by atoms with van der Waals surface area (Å²) >= 11 is 0. The predicted molar refractivity (Wildman–Crippen MR) is 107 cm³/mol. The van der Waals surface area contributed by atoms with Crippen molar-refractivity contribution in [3.05, 3.63) is 65.7 Å². The minimum atomic E-state index is -3.49. The molecule has 0 aliphatic rings. The van der Waals surface area contributed by atoms with Gasteiger partial charge in [-0.15, -0.1) is 0 Å². The first kappa shape index (κ1) is 20.2. The van der Waals surface area contributed by atoms with E-state index in [1.807, 2.05) is 51.1 Å². The minimum Gasteiger partial charge on any atom is -0.496 e. The van der Waals surface area contributed by atoms with Crippen molar-refractivity contribution in [2.24, 2.45) is 5.41 Å². The van der Waals surface area contributed by atoms with Crippen LogP contribution in [0.15, 0.2) is 59.5 Å². The van der Waals surface area contributed by atoms with Gasteiger partial charge in [-0.05, 0) is 37.0 Å². The fourth-order valence-electron chi connectivity index (χ4n) is 2.47. The van der Waals surface area contributed by atoms with Gasteiger partial charge in [-0.25, -0.2) is 13.1 Å². The molecular weight excluding hydrogens is 346 g/mol. The molecule has 0 atom stereocenters. The fourth-order valence-corrected chi connectivity index (χ4v) is 3.71. The average molecular weight is 374 g/mol. The van der Waals surface area contributed by atoms with Crippen LogP contribution in [0, 0.1) is 12.3 Å². The number of aryl methyl sites for hydroxylation is 1. The smallest absolute Gasteiger partial charge is 0.240 e. The summed E-state index contributed by atoms with van der Waals surface area (Å²) in [7, 11) is -1.84. The number of sulfonamides is 1. The van der Waals surface area contributed by atoms with Gasteiger partial charge >= 0.3 is 0 Å². The van der Waals surface area contributed by atoms with E-state index < -0.39 is 10.0 Å². The lowest BCUT2D eigenvalue weighted by Gasteiger charge is -2.23. The molecular formula is C21H27NO3S. The molecule has 1 N–H and O–H groups in total. The maximum absolute atomic E-state index is 12.4. The number of hydrogen-bond donors (Lipinski definition) is 1. The number of ether oxygens (including phenoxy) is 1. The van der Waals surface area contributed by atoms with Crippen LogP contribution in [0.4, 0.5) is 0 Å². The third-order valence-corrected chi connectivity index (χ3v) is 5.60. The zero-order valence-corrected chi connectivity index (χ0v) is 16.6. The lowest BCUT2D eigenvalue weighted by atomic mass is 9.89. The van der Waals surface area contributed by atoms with Gasteiger partial charge in [0.05, 0.1) is 12.0 Å². The zero-order valence-electron chi connectivity index (χ0n) is 15.8. The van der Waals surface area contributed by atoms with Crippen LogP contribution >= 0.6 is 0 Å². The van der Waals surface area contributed by atoms with Crippen molar-refractivity contribution in [2.45, 2.75) is 32.1 Å². The molecule has 0 spiro atoms. The van der Waals surface area contributed by atoms with Crippen LogP contribution in [0.1, 0.15) is 31.4 Å². The highest BCUT2D eigenvalue weighted by Crippen LogP contribution is 2.24. The molecule has 26 heavy (non-hydrogen) atoms. The highest BCUT2D eigenvalue weighted by atomic mass is 32.2. The average Bonchev–Trinajstić information content (AvgIpc) is 2.61. The van der Waals surface area contributed by atoms with E-state index in [1.165, 1.54) is 0 Å². The highest BCUT2D eigenvalue weighted by Gasteiger charge is 2.21. The Bertz CT molecular complexity index is 853. The van der Waals surface area contributed by atoms with E-state index in [0.717, 1.165) is 23.3 Å². The van der Waals surface area contributed by atoms with E-state index in [-0.39, 0.29) is 5.41 Å². The summed E-state index contributed by atoms with van der Waals surface area (Å²) in [5.74, 6) is 0.821. The van der Waals surface area contributed by atoms with Gasteiger partial charge in [0.25, 0.3) is 0 Å². The molecule has 0 fully saturated rings. The largest absolute Gasteiger partial charge is 0.496 e. The summed E-state index contributed by atoms with van der Waals surface area (Å²) in [6, 6.07) is 14.7. The molecule has 140 valence electrons. The van der Waals surface area contributed by atoms with E-state index in [9.17, 15) is 8.42 Å². The summed E-state index contributed by atoms with van der Waals surface area (Å²) in [6.45, 7) is 6.37. The molecule has 2 aromatic carbocycles. The second kappa shape index (κ2) is 8.52. The Hall–Kier alpha value is -2.11. The predicted octanol–water partition coefficient (Wildman–Crippen LogP) is 4.41. The first-order chi connectivity index (χ1) is 12.2. The Morgan fingerprint density at radius 3 is 2.38 bits per heavy atom. The van der Waals surface area contributed by atoms with Crippen molar-refractivity contribution >= 4 is 16.1 Å². The molecule has 4 nitrogen and oxygen atoms in total. The van der Waals surface area contributed by atoms with E-state index in [1.54, 1.807) is 31.4 Å². The second-order valence-electron chi connectivity index (χ2n) is 7.15. The molecule has 0 aromatic heterocycles. The quantitative estimate of drug-likeness (QED) is 0.745. The SMILES string of the molecule is COc1ccccc1C=CCC(C)(C)CNS(=O)(=O)c1ccc(C)cc1. The van der Waals surface area contributed by atoms with E-state index in [4.69, 9.17) is 4.74 Å². The van der Waals surface area contributed by atoms with Crippen molar-refractivity contribution in [1.29, 1.82) is 0 Å². The molecule has 0 amide bonds. The van der Waals surface area contributed by atoms with Gasteiger partial charge in [-0.1, -0.05) is 61.9 Å². The fraction of sp³-hybridized carbons (Fsp3) is 0.333. The molecule has 0 bridgehead atoms. The van der Waals surface area contributed by atoms with Gasteiger partial charge < -0.3 is 4.74 Å². The molecule has 2 aromatic rings. The molecule has 0 saturated heterocycles. The maximum atomic E-state index is 12.4. The number of nitrogens with one attached hydrogen (secondary N) is 1. The van der Waals surface area contributed by atoms with Crippen LogP contribution in [-0.2, 0) is 10.0 Å². The van der Waals surface area contributed by atoms with E-state index in [0.29, 0.717) is 11.4 Å². The maximum Gasteiger partial charge on any atom is 0.240 e. The standard InChI is InChI=1S/C21H27NO3S/c1-17-11-13-19(14-12-17)26(23,24)22-16-21(2,3)15-7-9-18-8-5-6-10-20(18)25-4/h5-14,22H,15-16H2,1-4H3. The first-order valence-corrected chi connectivity index (χ1v) is 10.1. The van der Waals surface area contributed by atoms with Gasteiger partial charge in [0.2, 0.25) is 10.0 Å². The van der Waals surface area contributed by atoms with Crippen LogP contribution < -0.4 is 9.46 Å². The zero-order chi connectivity index (χ0) is 19.2. The second-order valence-corrected chi connectivity index (χ2v) is 8.92. The van der Waals surface area contributed by atoms with Crippen LogP contribution in [0.2, 0.25) is 0 Å². The van der Waals surface area contributed by atoms with Crippen molar-refractivity contribution in [3.63, 3.8) is 0 Å². The Morgan fingerprint density at radius 1 is 1.08 bits per heavy atom. The van der Waals surface area contributed by atoms with Crippen LogP contribution in [-0.4, -0.2) is 22.1 Å². The molecule has 2 rings (SSSR count). The number of rotatable bonds is 8. The van der Waals surface area contributed by atoms with Gasteiger partial charge in [0.15, 0.2) is 0 Å². The Balaban J connectivity index is 1.98. The number of methoxy groups -OCH3 is 1. The molecule has 5 heteroatoms. The van der Waals surface area contributed by atoms with Crippen molar-refractivity contribution < 1.29 is 13.2 Å². The van der Waals surface area contributed by atoms with Crippen molar-refractivity contribution in [3.8, 4) is 5.75 Å². The summed E-state index contributed by atoms with van der Waals surface area (Å²) in [5, 5.41) is 0. The lowest BCUT2D eigenvalue weighted by Crippen LogP contribution is -2.33. The van der Waals surface area contributed by atoms with Gasteiger partial charge in [-0.3, -0.25) is 0 Å². The Kier molecular flexibility index (Phi) is 6.62. The molecule has 0 heterocycles. The summed E-state index contributed by atoms with van der Waals surface area (Å²) in [5.41, 5.74) is 1.83. The Morgan fingerprint density at radius 2 is 1.73 bits per heavy atom. The summed E-state index contributed by atoms with van der Waals surface area (Å²) in [6.07, 6.45) is 4.80. The normalized spacial score (nSPS) is 12.5. The third kappa shape index (κ3) is 5.71. The minimum absolute atomic E-state index is 0.212. The first-order valence-electron chi connectivity index (χ1n) is 8.59. The van der Waals surface area contributed by atoms with Crippen LogP contribution in [0.5, 0.6) is 5.75 Å². The monoisotopic (exact) mass is 373 g/mol. The van der Waals surface area contributed by atoms with E-state index >= 15 is 0 Å². The molecule has 0 unspecified atom stereocenters. The number of para-hydroxylation sites is 1. The van der Waals surface area contributed by atoms with Crippen molar-refractivity contribution in [1.82, 2.24) is 4.72 Å². The topological polar surface area (TPSA) is 55.4 Å². The third-order valence-electron chi connectivity index (χ3n) is 4.18.